The topological polar surface area (TPSA) is 123 Å². The highest BCUT2D eigenvalue weighted by molar-refractivity contribution is 5.81. The first-order valence-electron chi connectivity index (χ1n) is 9.71. The summed E-state index contributed by atoms with van der Waals surface area (Å²) in [6.45, 7) is 3.92. The number of nitriles is 2. The van der Waals surface area contributed by atoms with E-state index in [9.17, 15) is 5.26 Å². The number of nitrogens with zero attached hydrogens (tertiary/aromatic N) is 5. The van der Waals surface area contributed by atoms with Crippen molar-refractivity contribution in [3.63, 3.8) is 0 Å². The van der Waals surface area contributed by atoms with Crippen LogP contribution in [-0.2, 0) is 0 Å². The van der Waals surface area contributed by atoms with Crippen LogP contribution in [0.4, 0.5) is 5.95 Å². The van der Waals surface area contributed by atoms with E-state index in [1.54, 1.807) is 12.3 Å². The molecule has 0 radical (unpaired) electrons. The van der Waals surface area contributed by atoms with Gasteiger partial charge in [0.25, 0.3) is 0 Å². The third kappa shape index (κ3) is 2.77. The first kappa shape index (κ1) is 18.1. The van der Waals surface area contributed by atoms with E-state index in [4.69, 9.17) is 10.00 Å². The van der Waals surface area contributed by atoms with Gasteiger partial charge in [-0.25, -0.2) is 0 Å². The molecule has 148 valence electrons. The summed E-state index contributed by atoms with van der Waals surface area (Å²) in [5.74, 6) is 1.60. The molecular weight excluding hydrogens is 378 g/mol. The minimum absolute atomic E-state index is 0.0821. The summed E-state index contributed by atoms with van der Waals surface area (Å²) in [6.07, 6.45) is 7.34. The second-order valence-electron chi connectivity index (χ2n) is 8.36. The van der Waals surface area contributed by atoms with Gasteiger partial charge in [0.05, 0.1) is 23.8 Å². The molecule has 3 aliphatic carbocycles. The largest absolute Gasteiger partial charge is 0.437 e. The molecule has 3 aromatic rings. The van der Waals surface area contributed by atoms with Gasteiger partial charge < -0.3 is 10.1 Å². The molecule has 0 saturated heterocycles. The molecule has 3 aliphatic rings. The predicted octanol–water partition coefficient (Wildman–Crippen LogP) is 4.16. The van der Waals surface area contributed by atoms with Gasteiger partial charge in [0.15, 0.2) is 5.65 Å². The van der Waals surface area contributed by atoms with Gasteiger partial charge in [0.2, 0.25) is 11.8 Å². The van der Waals surface area contributed by atoms with E-state index in [2.05, 4.69) is 31.6 Å². The summed E-state index contributed by atoms with van der Waals surface area (Å²) in [5, 5.41) is 29.1. The Morgan fingerprint density at radius 1 is 1.17 bits per heavy atom. The smallest absolute Gasteiger partial charge is 0.235 e. The molecule has 3 saturated carbocycles. The van der Waals surface area contributed by atoms with E-state index in [-0.39, 0.29) is 11.0 Å². The Hall–Kier alpha value is -3.91. The highest BCUT2D eigenvalue weighted by atomic mass is 16.5. The van der Waals surface area contributed by atoms with Crippen molar-refractivity contribution in [1.29, 1.82) is 10.5 Å². The Labute approximate surface area is 173 Å². The van der Waals surface area contributed by atoms with E-state index in [0.717, 1.165) is 36.0 Å². The van der Waals surface area contributed by atoms with Gasteiger partial charge >= 0.3 is 0 Å². The number of aromatic nitrogens is 4. The second-order valence-corrected chi connectivity index (χ2v) is 8.36. The van der Waals surface area contributed by atoms with Gasteiger partial charge in [-0.3, -0.25) is 5.10 Å². The van der Waals surface area contributed by atoms with Crippen molar-refractivity contribution in [3.8, 4) is 23.8 Å². The lowest BCUT2D eigenvalue weighted by Gasteiger charge is -2.66. The number of aromatic amines is 1. The molecule has 8 heteroatoms. The van der Waals surface area contributed by atoms with Crippen LogP contribution in [0, 0.1) is 41.9 Å². The number of nitrogens with one attached hydrogen (secondary N) is 2. The molecule has 8 nitrogen and oxygen atoms in total. The van der Waals surface area contributed by atoms with Crippen LogP contribution in [0.5, 0.6) is 11.6 Å². The molecular formula is C22H19N7O. The third-order valence-corrected chi connectivity index (χ3v) is 5.95. The second kappa shape index (κ2) is 6.30. The van der Waals surface area contributed by atoms with Crippen molar-refractivity contribution in [2.24, 2.45) is 5.41 Å². The summed E-state index contributed by atoms with van der Waals surface area (Å²) in [6, 6.07) is 8.34. The van der Waals surface area contributed by atoms with Gasteiger partial charge in [-0.1, -0.05) is 0 Å². The molecule has 0 amide bonds. The lowest BCUT2D eigenvalue weighted by molar-refractivity contribution is -0.0665. The number of allylic oxidation sites excluding steroid dienone is 1. The summed E-state index contributed by atoms with van der Waals surface area (Å²) < 4.78 is 6.24. The number of aryl methyl sites for hydroxylation is 2. The van der Waals surface area contributed by atoms with Crippen LogP contribution in [0.25, 0.3) is 17.1 Å². The lowest BCUT2D eigenvalue weighted by atomic mass is 9.40. The predicted molar refractivity (Wildman–Crippen MR) is 111 cm³/mol. The average Bonchev–Trinajstić information content (AvgIpc) is 3.13. The zero-order chi connectivity index (χ0) is 20.9. The highest BCUT2D eigenvalue weighted by Crippen LogP contribution is 2.67. The van der Waals surface area contributed by atoms with Crippen molar-refractivity contribution in [2.45, 2.75) is 38.6 Å². The van der Waals surface area contributed by atoms with E-state index in [0.29, 0.717) is 28.6 Å². The Morgan fingerprint density at radius 3 is 2.57 bits per heavy atom. The standard InChI is InChI=1S/C22H19N7O/c1-13-6-15(4-3-5-23)7-14(2)17(13)30-19-16-8-25-29-18(16)26-20(27-19)28-22-9-21(10-22,11-22)12-24/h3-4,6-8H,9-11H2,1-2H3,(H2,25,26,27,28,29)/b4-3+. The fourth-order valence-corrected chi connectivity index (χ4v) is 4.69. The quantitative estimate of drug-likeness (QED) is 0.620. The molecule has 2 N–H and O–H groups in total. The molecule has 6 rings (SSSR count). The van der Waals surface area contributed by atoms with E-state index in [1.807, 2.05) is 32.0 Å². The number of fused-ring (bicyclic) bond motifs is 1. The van der Waals surface area contributed by atoms with Gasteiger partial charge in [0, 0.05) is 11.6 Å². The van der Waals surface area contributed by atoms with Crippen LogP contribution in [0.1, 0.15) is 36.0 Å². The molecule has 30 heavy (non-hydrogen) atoms. The maximum absolute atomic E-state index is 9.24. The Bertz CT molecular complexity index is 1250. The van der Waals surface area contributed by atoms with Crippen LogP contribution in [0.3, 0.4) is 0 Å². The number of rotatable bonds is 5. The number of hydrogen-bond donors (Lipinski definition) is 2. The Balaban J connectivity index is 1.46. The minimum atomic E-state index is -0.152. The van der Waals surface area contributed by atoms with Crippen molar-refractivity contribution in [1.82, 2.24) is 20.2 Å². The number of H-pyrrole nitrogens is 1. The van der Waals surface area contributed by atoms with Gasteiger partial charge in [-0.05, 0) is 68.0 Å². The molecule has 0 aliphatic heterocycles. The Morgan fingerprint density at radius 2 is 1.90 bits per heavy atom. The molecule has 2 bridgehead atoms. The zero-order valence-corrected chi connectivity index (χ0v) is 16.7. The summed E-state index contributed by atoms with van der Waals surface area (Å²) >= 11 is 0. The first-order chi connectivity index (χ1) is 14.4. The normalized spacial score (nSPS) is 24.0. The molecule has 2 heterocycles. The van der Waals surface area contributed by atoms with E-state index in [1.165, 1.54) is 6.08 Å². The monoisotopic (exact) mass is 397 g/mol. The lowest BCUT2D eigenvalue weighted by Crippen LogP contribution is -2.70. The van der Waals surface area contributed by atoms with Crippen LogP contribution < -0.4 is 10.1 Å². The van der Waals surface area contributed by atoms with Crippen LogP contribution in [0.2, 0.25) is 0 Å². The molecule has 0 unspecified atom stereocenters. The fraction of sp³-hybridized carbons (Fsp3) is 0.318. The molecule has 0 atom stereocenters. The zero-order valence-electron chi connectivity index (χ0n) is 16.7. The SMILES string of the molecule is Cc1cc(/C=C/C#N)cc(C)c1Oc1nc(NC23CC(C#N)(C2)C3)nc2[nH]ncc12. The van der Waals surface area contributed by atoms with E-state index >= 15 is 0 Å². The van der Waals surface area contributed by atoms with Gasteiger partial charge in [0.1, 0.15) is 11.1 Å². The van der Waals surface area contributed by atoms with Crippen LogP contribution >= 0.6 is 0 Å². The average molecular weight is 397 g/mol. The van der Waals surface area contributed by atoms with Crippen molar-refractivity contribution in [2.75, 3.05) is 5.32 Å². The fourth-order valence-electron chi connectivity index (χ4n) is 4.69. The molecule has 2 aromatic heterocycles. The van der Waals surface area contributed by atoms with Crippen molar-refractivity contribution >= 4 is 23.1 Å². The van der Waals surface area contributed by atoms with Crippen molar-refractivity contribution < 1.29 is 4.74 Å². The van der Waals surface area contributed by atoms with Crippen molar-refractivity contribution in [3.05, 3.63) is 41.1 Å². The van der Waals surface area contributed by atoms with Crippen LogP contribution in [-0.4, -0.2) is 25.7 Å². The maximum atomic E-state index is 9.24. The molecule has 3 fully saturated rings. The van der Waals surface area contributed by atoms with E-state index < -0.39 is 0 Å². The van der Waals surface area contributed by atoms with Gasteiger partial charge in [-0.15, -0.1) is 0 Å². The minimum Gasteiger partial charge on any atom is -0.437 e. The Kier molecular flexibility index (Phi) is 3.81. The maximum Gasteiger partial charge on any atom is 0.235 e. The number of hydrogen-bond acceptors (Lipinski definition) is 7. The summed E-state index contributed by atoms with van der Waals surface area (Å²) in [4.78, 5) is 9.15. The third-order valence-electron chi connectivity index (χ3n) is 5.95. The number of benzene rings is 1. The molecule has 1 aromatic carbocycles. The first-order valence-corrected chi connectivity index (χ1v) is 9.71. The summed E-state index contributed by atoms with van der Waals surface area (Å²) in [7, 11) is 0. The number of ether oxygens (including phenoxy) is 1. The number of anilines is 1. The highest BCUT2D eigenvalue weighted by Gasteiger charge is 2.69. The molecule has 0 spiro atoms. The van der Waals surface area contributed by atoms with Crippen LogP contribution in [0.15, 0.2) is 24.4 Å². The summed E-state index contributed by atoms with van der Waals surface area (Å²) in [5.41, 5.74) is 3.17. The van der Waals surface area contributed by atoms with Gasteiger partial charge in [-0.2, -0.15) is 25.6 Å².